The minimum Gasteiger partial charge on any atom is -0.481 e. The Morgan fingerprint density at radius 1 is 1.22 bits per heavy atom. The van der Waals surface area contributed by atoms with Crippen molar-refractivity contribution < 1.29 is 23.5 Å². The molecular weight excluding hydrogens is 246 g/mol. The molecule has 0 bridgehead atoms. The van der Waals surface area contributed by atoms with Crippen LogP contribution in [-0.4, -0.2) is 36.1 Å². The predicted octanol–water partition coefficient (Wildman–Crippen LogP) is 1.59. The number of halogens is 2. The summed E-state index contributed by atoms with van der Waals surface area (Å²) in [6, 6.07) is -0.450. The second kappa shape index (κ2) is 6.51. The van der Waals surface area contributed by atoms with Crippen LogP contribution in [0.25, 0.3) is 0 Å². The molecule has 0 aromatic carbocycles. The van der Waals surface area contributed by atoms with E-state index in [0.29, 0.717) is 19.4 Å². The zero-order chi connectivity index (χ0) is 13.6. The van der Waals surface area contributed by atoms with Crippen LogP contribution < -0.4 is 10.6 Å². The summed E-state index contributed by atoms with van der Waals surface area (Å²) in [4.78, 5) is 21.4. The minimum absolute atomic E-state index is 0.0594. The van der Waals surface area contributed by atoms with Crippen molar-refractivity contribution in [2.24, 2.45) is 5.92 Å². The molecule has 3 N–H and O–H groups in total. The van der Waals surface area contributed by atoms with Crippen molar-refractivity contribution >= 4 is 12.0 Å². The van der Waals surface area contributed by atoms with Crippen LogP contribution in [-0.2, 0) is 4.79 Å². The highest BCUT2D eigenvalue weighted by Gasteiger charge is 2.34. The quantitative estimate of drug-likeness (QED) is 0.705. The van der Waals surface area contributed by atoms with E-state index in [1.54, 1.807) is 0 Å². The Morgan fingerprint density at radius 2 is 1.83 bits per heavy atom. The average Bonchev–Trinajstić information content (AvgIpc) is 2.27. The molecule has 0 radical (unpaired) electrons. The van der Waals surface area contributed by atoms with Crippen molar-refractivity contribution in [2.75, 3.05) is 13.1 Å². The van der Waals surface area contributed by atoms with E-state index >= 15 is 0 Å². The molecule has 0 atom stereocenters. The van der Waals surface area contributed by atoms with Crippen molar-refractivity contribution in [1.29, 1.82) is 0 Å². The van der Waals surface area contributed by atoms with Gasteiger partial charge in [0.05, 0.1) is 6.42 Å². The van der Waals surface area contributed by atoms with Crippen LogP contribution in [0.5, 0.6) is 0 Å². The monoisotopic (exact) mass is 264 g/mol. The van der Waals surface area contributed by atoms with Gasteiger partial charge in [-0.3, -0.25) is 4.79 Å². The van der Waals surface area contributed by atoms with Crippen molar-refractivity contribution in [3.63, 3.8) is 0 Å². The van der Waals surface area contributed by atoms with Gasteiger partial charge in [0.25, 0.3) is 0 Å². The lowest BCUT2D eigenvalue weighted by Crippen LogP contribution is -2.40. The third-order valence-corrected chi connectivity index (χ3v) is 3.01. The summed E-state index contributed by atoms with van der Waals surface area (Å²) < 4.78 is 25.7. The molecule has 1 saturated carbocycles. The largest absolute Gasteiger partial charge is 0.481 e. The molecular formula is C11H18F2N2O3. The first kappa shape index (κ1) is 14.7. The van der Waals surface area contributed by atoms with Crippen LogP contribution in [0.1, 0.15) is 32.1 Å². The highest BCUT2D eigenvalue weighted by molar-refractivity contribution is 5.74. The molecule has 0 aromatic rings. The van der Waals surface area contributed by atoms with E-state index in [0.717, 1.165) is 0 Å². The highest BCUT2D eigenvalue weighted by Crippen LogP contribution is 2.35. The Morgan fingerprint density at radius 3 is 2.39 bits per heavy atom. The number of aliphatic carboxylic acids is 1. The number of hydrogen-bond acceptors (Lipinski definition) is 2. The zero-order valence-corrected chi connectivity index (χ0v) is 10.0. The van der Waals surface area contributed by atoms with Gasteiger partial charge < -0.3 is 15.7 Å². The van der Waals surface area contributed by atoms with E-state index in [2.05, 4.69) is 10.6 Å². The molecule has 1 aliphatic rings. The van der Waals surface area contributed by atoms with Gasteiger partial charge in [0.2, 0.25) is 5.92 Å². The number of carbonyl (C=O) groups is 2. The standard InChI is InChI=1S/C11H18F2N2O3/c12-11(13)4-1-8(2-5-11)7-15-10(18)14-6-3-9(16)17/h8H,1-7H2,(H,16,17)(H2,14,15,18). The number of carboxylic acids is 1. The smallest absolute Gasteiger partial charge is 0.314 e. The van der Waals surface area contributed by atoms with Gasteiger partial charge >= 0.3 is 12.0 Å². The van der Waals surface area contributed by atoms with Gasteiger partial charge in [0.15, 0.2) is 0 Å². The van der Waals surface area contributed by atoms with Gasteiger partial charge in [0.1, 0.15) is 0 Å². The molecule has 7 heteroatoms. The van der Waals surface area contributed by atoms with Crippen LogP contribution in [0.4, 0.5) is 13.6 Å². The van der Waals surface area contributed by atoms with E-state index in [1.165, 1.54) is 0 Å². The maximum Gasteiger partial charge on any atom is 0.314 e. The molecule has 1 rings (SSSR count). The molecule has 5 nitrogen and oxygen atoms in total. The molecule has 104 valence electrons. The summed E-state index contributed by atoms with van der Waals surface area (Å²) >= 11 is 0. The number of rotatable bonds is 5. The van der Waals surface area contributed by atoms with E-state index in [9.17, 15) is 18.4 Å². The first-order valence-corrected chi connectivity index (χ1v) is 6.00. The van der Waals surface area contributed by atoms with E-state index in [4.69, 9.17) is 5.11 Å². The molecule has 0 aromatic heterocycles. The van der Waals surface area contributed by atoms with Gasteiger partial charge in [-0.15, -0.1) is 0 Å². The molecule has 2 amide bonds. The lowest BCUT2D eigenvalue weighted by atomic mass is 9.87. The lowest BCUT2D eigenvalue weighted by molar-refractivity contribution is -0.136. The summed E-state index contributed by atoms with van der Waals surface area (Å²) in [5.74, 6) is -3.46. The number of alkyl halides is 2. The van der Waals surface area contributed by atoms with Gasteiger partial charge in [0, 0.05) is 25.9 Å². The Labute approximate surface area is 104 Å². The Kier molecular flexibility index (Phi) is 5.30. The molecule has 0 spiro atoms. The topological polar surface area (TPSA) is 78.4 Å². The van der Waals surface area contributed by atoms with Gasteiger partial charge in [-0.2, -0.15) is 0 Å². The maximum atomic E-state index is 12.9. The van der Waals surface area contributed by atoms with Crippen LogP contribution >= 0.6 is 0 Å². The Bertz CT molecular complexity index is 301. The molecule has 0 aliphatic heterocycles. The van der Waals surface area contributed by atoms with Gasteiger partial charge in [-0.1, -0.05) is 0 Å². The number of hydrogen-bond donors (Lipinski definition) is 3. The van der Waals surface area contributed by atoms with Crippen LogP contribution in [0, 0.1) is 5.92 Å². The third kappa shape index (κ3) is 5.79. The maximum absolute atomic E-state index is 12.9. The molecule has 1 aliphatic carbocycles. The van der Waals surface area contributed by atoms with Crippen LogP contribution in [0.3, 0.4) is 0 Å². The average molecular weight is 264 g/mol. The lowest BCUT2D eigenvalue weighted by Gasteiger charge is -2.28. The second-order valence-corrected chi connectivity index (χ2v) is 4.58. The van der Waals surface area contributed by atoms with E-state index in [1.807, 2.05) is 0 Å². The molecule has 1 fully saturated rings. The number of nitrogens with one attached hydrogen (secondary N) is 2. The predicted molar refractivity (Wildman–Crippen MR) is 60.6 cm³/mol. The van der Waals surface area contributed by atoms with Crippen molar-refractivity contribution in [2.45, 2.75) is 38.0 Å². The fourth-order valence-electron chi connectivity index (χ4n) is 1.89. The van der Waals surface area contributed by atoms with Gasteiger partial charge in [-0.05, 0) is 18.8 Å². The molecule has 0 heterocycles. The summed E-state index contributed by atoms with van der Waals surface area (Å²) in [5.41, 5.74) is 0. The second-order valence-electron chi connectivity index (χ2n) is 4.58. The van der Waals surface area contributed by atoms with Crippen molar-refractivity contribution in [3.05, 3.63) is 0 Å². The normalized spacial score (nSPS) is 19.2. The van der Waals surface area contributed by atoms with Crippen LogP contribution in [0.2, 0.25) is 0 Å². The summed E-state index contributed by atoms with van der Waals surface area (Å²) in [6.45, 7) is 0.416. The molecule has 0 unspecified atom stereocenters. The van der Waals surface area contributed by atoms with E-state index in [-0.39, 0.29) is 31.7 Å². The number of carbonyl (C=O) groups excluding carboxylic acids is 1. The first-order chi connectivity index (χ1) is 8.39. The molecule has 18 heavy (non-hydrogen) atoms. The van der Waals surface area contributed by atoms with Crippen molar-refractivity contribution in [3.8, 4) is 0 Å². The van der Waals surface area contributed by atoms with Gasteiger partial charge in [-0.25, -0.2) is 13.6 Å². The summed E-state index contributed by atoms with van der Waals surface area (Å²) in [5, 5.41) is 13.3. The molecule has 0 saturated heterocycles. The number of urea groups is 1. The fraction of sp³-hybridized carbons (Fsp3) is 0.818. The van der Waals surface area contributed by atoms with E-state index < -0.39 is 17.9 Å². The minimum atomic E-state index is -2.56. The third-order valence-electron chi connectivity index (χ3n) is 3.01. The Balaban J connectivity index is 2.10. The zero-order valence-electron chi connectivity index (χ0n) is 10.0. The first-order valence-electron chi connectivity index (χ1n) is 6.00. The van der Waals surface area contributed by atoms with Crippen LogP contribution in [0.15, 0.2) is 0 Å². The highest BCUT2D eigenvalue weighted by atomic mass is 19.3. The SMILES string of the molecule is O=C(O)CCNC(=O)NCC1CCC(F)(F)CC1. The van der Waals surface area contributed by atoms with Crippen molar-refractivity contribution in [1.82, 2.24) is 10.6 Å². The number of carboxylic acid groups (broad SMARTS) is 1. The Hall–Kier alpha value is -1.40. The fourth-order valence-corrected chi connectivity index (χ4v) is 1.89. The summed E-state index contributed by atoms with van der Waals surface area (Å²) in [6.07, 6.45) is 0.424. The number of amides is 2. The summed E-state index contributed by atoms with van der Waals surface area (Å²) in [7, 11) is 0.